The number of carbonyl (C=O) groups is 4. The minimum absolute atomic E-state index is 0.0750. The van der Waals surface area contributed by atoms with Gasteiger partial charge in [0.2, 0.25) is 12.3 Å². The van der Waals surface area contributed by atoms with Crippen LogP contribution in [0.5, 0.6) is 0 Å². The monoisotopic (exact) mass is 539 g/mol. The molecule has 3 fully saturated rings. The zero-order valence-electron chi connectivity index (χ0n) is 24.5. The molecule has 0 unspecified atom stereocenters. The van der Waals surface area contributed by atoms with E-state index < -0.39 is 17.3 Å². The quantitative estimate of drug-likeness (QED) is 0.511. The van der Waals surface area contributed by atoms with Gasteiger partial charge >= 0.3 is 12.2 Å². The van der Waals surface area contributed by atoms with Crippen LogP contribution >= 0.6 is 0 Å². The fourth-order valence-corrected chi connectivity index (χ4v) is 4.85. The molecule has 2 heterocycles. The van der Waals surface area contributed by atoms with Gasteiger partial charge in [0.1, 0.15) is 11.2 Å². The standard InChI is InChI=1S/C19H33N3O4.C8H16N2O2/c1-19(2,3)26-18(25)22-11-7-10-21(22)17(24)16(13-20(4)14-23)12-15-8-5-6-9-15;1-8(2,3)12-7(11)10-6-4-5-9-10/h14-16H,5-13H2,1-4H3;9H,4-6H2,1-3H3/t16-;/m1./s1. The summed E-state index contributed by atoms with van der Waals surface area (Å²) >= 11 is 0. The maximum Gasteiger partial charge on any atom is 0.429 e. The van der Waals surface area contributed by atoms with E-state index in [4.69, 9.17) is 9.47 Å². The summed E-state index contributed by atoms with van der Waals surface area (Å²) in [6, 6.07) is 0. The first-order valence-corrected chi connectivity index (χ1v) is 13.9. The molecule has 0 aromatic heterocycles. The van der Waals surface area contributed by atoms with Crippen LogP contribution in [-0.4, -0.2) is 95.4 Å². The second kappa shape index (κ2) is 14.0. The van der Waals surface area contributed by atoms with E-state index in [9.17, 15) is 19.2 Å². The number of ether oxygens (including phenoxy) is 2. The second-order valence-electron chi connectivity index (χ2n) is 12.4. The maximum absolute atomic E-state index is 13.2. The Balaban J connectivity index is 0.000000352. The predicted octanol–water partition coefficient (Wildman–Crippen LogP) is 3.79. The molecule has 0 aromatic rings. The molecule has 2 aliphatic heterocycles. The lowest BCUT2D eigenvalue weighted by Crippen LogP contribution is -2.50. The molecule has 38 heavy (non-hydrogen) atoms. The first-order valence-electron chi connectivity index (χ1n) is 13.9. The highest BCUT2D eigenvalue weighted by molar-refractivity contribution is 5.82. The van der Waals surface area contributed by atoms with Crippen LogP contribution in [0.25, 0.3) is 0 Å². The zero-order valence-corrected chi connectivity index (χ0v) is 24.5. The zero-order chi connectivity index (χ0) is 28.5. The van der Waals surface area contributed by atoms with Gasteiger partial charge < -0.3 is 14.4 Å². The second-order valence-corrected chi connectivity index (χ2v) is 12.4. The summed E-state index contributed by atoms with van der Waals surface area (Å²) in [5.41, 5.74) is 1.93. The van der Waals surface area contributed by atoms with E-state index in [0.29, 0.717) is 25.6 Å². The summed E-state index contributed by atoms with van der Waals surface area (Å²) in [4.78, 5) is 49.6. The van der Waals surface area contributed by atoms with Crippen molar-refractivity contribution in [2.75, 3.05) is 39.8 Å². The molecule has 1 saturated carbocycles. The van der Waals surface area contributed by atoms with Crippen LogP contribution in [0.3, 0.4) is 0 Å². The van der Waals surface area contributed by atoms with Gasteiger partial charge in [-0.1, -0.05) is 25.7 Å². The molecular formula is C27H49N5O6. The van der Waals surface area contributed by atoms with E-state index in [2.05, 4.69) is 5.43 Å². The number of hydrogen-bond donors (Lipinski definition) is 1. The van der Waals surface area contributed by atoms with E-state index in [0.717, 1.165) is 51.6 Å². The number of rotatable bonds is 6. The Morgan fingerprint density at radius 3 is 2.00 bits per heavy atom. The van der Waals surface area contributed by atoms with Gasteiger partial charge in [-0.3, -0.25) is 9.59 Å². The summed E-state index contributed by atoms with van der Waals surface area (Å²) in [6.07, 6.45) is 7.22. The lowest BCUT2D eigenvalue weighted by Gasteiger charge is -2.33. The van der Waals surface area contributed by atoms with Gasteiger partial charge in [0.15, 0.2) is 0 Å². The number of carbonyl (C=O) groups excluding carboxylic acids is 4. The van der Waals surface area contributed by atoms with Crippen LogP contribution in [0, 0.1) is 11.8 Å². The van der Waals surface area contributed by atoms with E-state index in [1.807, 2.05) is 41.5 Å². The molecule has 218 valence electrons. The van der Waals surface area contributed by atoms with Crippen LogP contribution < -0.4 is 5.43 Å². The highest BCUT2D eigenvalue weighted by Crippen LogP contribution is 2.32. The highest BCUT2D eigenvalue weighted by Gasteiger charge is 2.38. The Labute approximate surface area is 228 Å². The molecule has 3 rings (SSSR count). The lowest BCUT2D eigenvalue weighted by atomic mass is 9.92. The average molecular weight is 540 g/mol. The highest BCUT2D eigenvalue weighted by atomic mass is 16.6. The van der Waals surface area contributed by atoms with Crippen LogP contribution in [-0.2, 0) is 19.1 Å². The molecule has 1 aliphatic carbocycles. The van der Waals surface area contributed by atoms with Crippen LogP contribution in [0.2, 0.25) is 0 Å². The molecule has 0 spiro atoms. The van der Waals surface area contributed by atoms with E-state index in [1.54, 1.807) is 7.05 Å². The third kappa shape index (κ3) is 10.7. The van der Waals surface area contributed by atoms with E-state index in [-0.39, 0.29) is 17.9 Å². The average Bonchev–Trinajstić information content (AvgIpc) is 3.59. The molecule has 1 N–H and O–H groups in total. The third-order valence-corrected chi connectivity index (χ3v) is 6.50. The normalized spacial score (nSPS) is 19.1. The number of nitrogens with zero attached hydrogens (tertiary/aromatic N) is 4. The molecule has 3 aliphatic rings. The van der Waals surface area contributed by atoms with E-state index in [1.165, 1.54) is 32.8 Å². The van der Waals surface area contributed by atoms with Gasteiger partial charge in [0.05, 0.1) is 5.92 Å². The summed E-state index contributed by atoms with van der Waals surface area (Å²) < 4.78 is 10.6. The molecule has 2 saturated heterocycles. The number of hydrazine groups is 2. The molecule has 0 aromatic carbocycles. The summed E-state index contributed by atoms with van der Waals surface area (Å²) in [5.74, 6) is 0.173. The van der Waals surface area contributed by atoms with Crippen molar-refractivity contribution < 1.29 is 28.7 Å². The fraction of sp³-hybridized carbons (Fsp3) is 0.852. The van der Waals surface area contributed by atoms with E-state index >= 15 is 0 Å². The molecule has 1 atom stereocenters. The molecule has 0 bridgehead atoms. The Bertz CT molecular complexity index is 797. The van der Waals surface area contributed by atoms with Gasteiger partial charge in [-0.25, -0.2) is 30.0 Å². The first-order chi connectivity index (χ1) is 17.7. The Hall–Kier alpha value is -2.56. The number of hydrogen-bond acceptors (Lipinski definition) is 7. The van der Waals surface area contributed by atoms with Crippen LogP contribution in [0.1, 0.15) is 86.5 Å². The van der Waals surface area contributed by atoms with Gasteiger partial charge in [-0.05, 0) is 66.7 Å². The van der Waals surface area contributed by atoms with Gasteiger partial charge in [-0.2, -0.15) is 0 Å². The molecule has 11 heteroatoms. The molecule has 0 radical (unpaired) electrons. The van der Waals surface area contributed by atoms with Crippen LogP contribution in [0.15, 0.2) is 0 Å². The Kier molecular flexibility index (Phi) is 11.7. The minimum Gasteiger partial charge on any atom is -0.443 e. The van der Waals surface area contributed by atoms with Gasteiger partial charge in [-0.15, -0.1) is 0 Å². The fourth-order valence-electron chi connectivity index (χ4n) is 4.85. The van der Waals surface area contributed by atoms with Gasteiger partial charge in [0, 0.05) is 39.8 Å². The first kappa shape index (κ1) is 31.7. The molecule has 4 amide bonds. The SMILES string of the molecule is CC(C)(C)OC(=O)N1CCCN1.CN(C=O)C[C@@H](CC1CCCC1)C(=O)N1CCCN1C(=O)OC(C)(C)C. The lowest BCUT2D eigenvalue weighted by molar-refractivity contribution is -0.148. The van der Waals surface area contributed by atoms with Crippen LogP contribution in [0.4, 0.5) is 9.59 Å². The molecule has 11 nitrogen and oxygen atoms in total. The smallest absolute Gasteiger partial charge is 0.429 e. The topological polar surface area (TPSA) is 112 Å². The van der Waals surface area contributed by atoms with Crippen molar-refractivity contribution in [1.29, 1.82) is 0 Å². The van der Waals surface area contributed by atoms with Crippen molar-refractivity contribution in [3.05, 3.63) is 0 Å². The predicted molar refractivity (Wildman–Crippen MR) is 144 cm³/mol. The maximum atomic E-state index is 13.2. The summed E-state index contributed by atoms with van der Waals surface area (Å²) in [6.45, 7) is 14.0. The van der Waals surface area contributed by atoms with Crippen molar-refractivity contribution in [1.82, 2.24) is 25.4 Å². The largest absolute Gasteiger partial charge is 0.443 e. The number of nitrogens with one attached hydrogen (secondary N) is 1. The van der Waals surface area contributed by atoms with Crippen molar-refractivity contribution in [3.8, 4) is 0 Å². The molecular weight excluding hydrogens is 490 g/mol. The minimum atomic E-state index is -0.602. The Morgan fingerprint density at radius 2 is 1.47 bits per heavy atom. The number of amides is 4. The van der Waals surface area contributed by atoms with Crippen molar-refractivity contribution >= 4 is 24.5 Å². The van der Waals surface area contributed by atoms with Crippen molar-refractivity contribution in [2.24, 2.45) is 11.8 Å². The Morgan fingerprint density at radius 1 is 0.895 bits per heavy atom. The van der Waals surface area contributed by atoms with Crippen molar-refractivity contribution in [3.63, 3.8) is 0 Å². The van der Waals surface area contributed by atoms with Gasteiger partial charge in [0.25, 0.3) is 0 Å². The summed E-state index contributed by atoms with van der Waals surface area (Å²) in [5, 5.41) is 4.48. The summed E-state index contributed by atoms with van der Waals surface area (Å²) in [7, 11) is 1.69. The van der Waals surface area contributed by atoms with Crippen molar-refractivity contribution in [2.45, 2.75) is 97.7 Å². The third-order valence-electron chi connectivity index (χ3n) is 6.50.